The molecule has 0 bridgehead atoms. The molecule has 0 nitrogen and oxygen atoms in total. The van der Waals surface area contributed by atoms with Crippen molar-refractivity contribution >= 4 is 32.3 Å². The van der Waals surface area contributed by atoms with Gasteiger partial charge in [-0.05, 0) is 89.0 Å². The van der Waals surface area contributed by atoms with E-state index < -0.39 is 0 Å². The molecule has 0 fully saturated rings. The lowest BCUT2D eigenvalue weighted by Crippen LogP contribution is -1.88. The summed E-state index contributed by atoms with van der Waals surface area (Å²) in [7, 11) is 0. The van der Waals surface area contributed by atoms with Gasteiger partial charge in [0, 0.05) is 0 Å². The maximum Gasteiger partial charge on any atom is -0.00199 e. The Kier molecular flexibility index (Phi) is 4.03. The van der Waals surface area contributed by atoms with Crippen LogP contribution in [-0.2, 0) is 0 Å². The lowest BCUT2D eigenvalue weighted by molar-refractivity contribution is 1.63. The maximum atomic E-state index is 2.37. The number of rotatable bonds is 2. The van der Waals surface area contributed by atoms with E-state index in [9.17, 15) is 0 Å². The fourth-order valence-electron chi connectivity index (χ4n) is 6.19. The molecule has 0 saturated heterocycles. The zero-order chi connectivity index (χ0) is 23.6. The summed E-state index contributed by atoms with van der Waals surface area (Å²) < 4.78 is 0. The van der Waals surface area contributed by atoms with Gasteiger partial charge >= 0.3 is 0 Å². The Morgan fingerprint density at radius 1 is 0.306 bits per heavy atom. The first-order valence-corrected chi connectivity index (χ1v) is 12.5. The summed E-state index contributed by atoms with van der Waals surface area (Å²) in [5.74, 6) is 0. The average Bonchev–Trinajstić information content (AvgIpc) is 3.29. The van der Waals surface area contributed by atoms with Crippen LogP contribution in [0.3, 0.4) is 0 Å². The zero-order valence-corrected chi connectivity index (χ0v) is 19.7. The molecule has 0 aromatic heterocycles. The predicted octanol–water partition coefficient (Wildman–Crippen LogP) is 10.1. The highest BCUT2D eigenvalue weighted by molar-refractivity contribution is 6.24. The standard InChI is InChI=1S/C36H22/c1-2-9-23(10-3-1)26-21-25-12-5-6-13-27(25)34(22-26)29-19-20-33-35-28-14-7-4-11-24(28)17-18-32(35)31-16-8-15-30(29)36(31)33/h1-22H. The van der Waals surface area contributed by atoms with Crippen molar-refractivity contribution in [2.45, 2.75) is 0 Å². The van der Waals surface area contributed by atoms with Crippen LogP contribution in [0.1, 0.15) is 0 Å². The van der Waals surface area contributed by atoms with Gasteiger partial charge in [0.1, 0.15) is 0 Å². The van der Waals surface area contributed by atoms with Crippen LogP contribution in [0.25, 0.3) is 76.8 Å². The topological polar surface area (TPSA) is 0 Å². The molecule has 8 rings (SSSR count). The van der Waals surface area contributed by atoms with E-state index in [1.165, 1.54) is 76.8 Å². The third-order valence-electron chi connectivity index (χ3n) is 7.79. The summed E-state index contributed by atoms with van der Waals surface area (Å²) in [6.07, 6.45) is 0. The van der Waals surface area contributed by atoms with E-state index in [4.69, 9.17) is 0 Å². The van der Waals surface area contributed by atoms with E-state index in [0.717, 1.165) is 0 Å². The molecule has 0 radical (unpaired) electrons. The fourth-order valence-corrected chi connectivity index (χ4v) is 6.19. The zero-order valence-electron chi connectivity index (χ0n) is 19.7. The summed E-state index contributed by atoms with van der Waals surface area (Å²) >= 11 is 0. The van der Waals surface area contributed by atoms with Crippen molar-refractivity contribution < 1.29 is 0 Å². The summed E-state index contributed by atoms with van der Waals surface area (Å²) in [6, 6.07) is 49.0. The molecule has 7 aromatic rings. The lowest BCUT2D eigenvalue weighted by atomic mass is 9.89. The highest BCUT2D eigenvalue weighted by Gasteiger charge is 2.24. The number of fused-ring (bicyclic) bond motifs is 6. The van der Waals surface area contributed by atoms with E-state index >= 15 is 0 Å². The SMILES string of the molecule is c1ccc(-c2cc(-c3ccc4c5c(cccc35)-c3ccc5ccccc5c3-4)c3ccccc3c2)cc1. The minimum Gasteiger partial charge on any atom is -0.0622 e. The average molecular weight is 455 g/mol. The number of hydrogen-bond acceptors (Lipinski definition) is 0. The third-order valence-corrected chi connectivity index (χ3v) is 7.79. The second-order valence-electron chi connectivity index (χ2n) is 9.71. The van der Waals surface area contributed by atoms with Gasteiger partial charge in [0.2, 0.25) is 0 Å². The van der Waals surface area contributed by atoms with E-state index in [0.29, 0.717) is 0 Å². The molecular weight excluding hydrogens is 432 g/mol. The maximum absolute atomic E-state index is 2.37. The van der Waals surface area contributed by atoms with Crippen LogP contribution in [0.5, 0.6) is 0 Å². The van der Waals surface area contributed by atoms with Crippen LogP contribution in [0, 0.1) is 0 Å². The molecule has 0 spiro atoms. The quantitative estimate of drug-likeness (QED) is 0.244. The van der Waals surface area contributed by atoms with Crippen LogP contribution in [0.4, 0.5) is 0 Å². The van der Waals surface area contributed by atoms with Crippen LogP contribution >= 0.6 is 0 Å². The Hall–Kier alpha value is -4.68. The Labute approximate surface area is 210 Å². The summed E-state index contributed by atoms with van der Waals surface area (Å²) in [6.45, 7) is 0. The smallest absolute Gasteiger partial charge is 0.00199 e. The van der Waals surface area contributed by atoms with Gasteiger partial charge in [-0.1, -0.05) is 121 Å². The molecule has 0 atom stereocenters. The van der Waals surface area contributed by atoms with Crippen molar-refractivity contribution in [3.05, 3.63) is 133 Å². The molecule has 0 saturated carbocycles. The molecule has 0 aliphatic heterocycles. The highest BCUT2D eigenvalue weighted by Crippen LogP contribution is 2.52. The van der Waals surface area contributed by atoms with Crippen molar-refractivity contribution in [3.63, 3.8) is 0 Å². The van der Waals surface area contributed by atoms with Crippen molar-refractivity contribution in [2.24, 2.45) is 0 Å². The number of benzene rings is 7. The second kappa shape index (κ2) is 7.41. The first-order chi connectivity index (χ1) is 17.9. The Morgan fingerprint density at radius 3 is 1.89 bits per heavy atom. The van der Waals surface area contributed by atoms with E-state index in [2.05, 4.69) is 133 Å². The van der Waals surface area contributed by atoms with E-state index in [1.54, 1.807) is 0 Å². The first-order valence-electron chi connectivity index (χ1n) is 12.5. The normalized spacial score (nSPS) is 11.9. The van der Waals surface area contributed by atoms with Crippen LogP contribution in [-0.4, -0.2) is 0 Å². The molecule has 166 valence electrons. The van der Waals surface area contributed by atoms with Gasteiger partial charge in [0.15, 0.2) is 0 Å². The monoisotopic (exact) mass is 454 g/mol. The summed E-state index contributed by atoms with van der Waals surface area (Å²) in [5, 5.41) is 7.88. The molecule has 0 N–H and O–H groups in total. The highest BCUT2D eigenvalue weighted by atomic mass is 14.3. The van der Waals surface area contributed by atoms with Gasteiger partial charge in [-0.3, -0.25) is 0 Å². The molecule has 0 unspecified atom stereocenters. The largest absolute Gasteiger partial charge is 0.0622 e. The molecule has 36 heavy (non-hydrogen) atoms. The molecule has 1 aliphatic rings. The van der Waals surface area contributed by atoms with Crippen LogP contribution in [0.15, 0.2) is 133 Å². The van der Waals surface area contributed by atoms with Gasteiger partial charge in [-0.25, -0.2) is 0 Å². The molecule has 0 heterocycles. The fraction of sp³-hybridized carbons (Fsp3) is 0. The van der Waals surface area contributed by atoms with E-state index in [-0.39, 0.29) is 0 Å². The summed E-state index contributed by atoms with van der Waals surface area (Å²) in [5.41, 5.74) is 10.5. The Morgan fingerprint density at radius 2 is 1.00 bits per heavy atom. The van der Waals surface area contributed by atoms with Gasteiger partial charge < -0.3 is 0 Å². The molecule has 7 aromatic carbocycles. The third kappa shape index (κ3) is 2.70. The minimum absolute atomic E-state index is 1.24. The van der Waals surface area contributed by atoms with Crippen molar-refractivity contribution in [1.82, 2.24) is 0 Å². The van der Waals surface area contributed by atoms with Gasteiger partial charge in [-0.2, -0.15) is 0 Å². The molecular formula is C36H22. The van der Waals surface area contributed by atoms with Crippen molar-refractivity contribution in [3.8, 4) is 44.5 Å². The van der Waals surface area contributed by atoms with Crippen molar-refractivity contribution in [2.75, 3.05) is 0 Å². The van der Waals surface area contributed by atoms with Gasteiger partial charge in [0.05, 0.1) is 0 Å². The Bertz CT molecular complexity index is 1980. The lowest BCUT2D eigenvalue weighted by Gasteiger charge is -2.15. The van der Waals surface area contributed by atoms with Gasteiger partial charge in [0.25, 0.3) is 0 Å². The van der Waals surface area contributed by atoms with Crippen LogP contribution in [0.2, 0.25) is 0 Å². The van der Waals surface area contributed by atoms with Crippen molar-refractivity contribution in [1.29, 1.82) is 0 Å². The Balaban J connectivity index is 1.46. The summed E-state index contributed by atoms with van der Waals surface area (Å²) in [4.78, 5) is 0. The molecule has 1 aliphatic carbocycles. The molecule has 0 amide bonds. The molecule has 0 heteroatoms. The minimum atomic E-state index is 1.24. The van der Waals surface area contributed by atoms with E-state index in [1.807, 2.05) is 0 Å². The second-order valence-corrected chi connectivity index (χ2v) is 9.71. The predicted molar refractivity (Wildman–Crippen MR) is 154 cm³/mol. The first kappa shape index (κ1) is 19.6. The number of hydrogen-bond donors (Lipinski definition) is 0. The van der Waals surface area contributed by atoms with Gasteiger partial charge in [-0.15, -0.1) is 0 Å². The van der Waals surface area contributed by atoms with Crippen LogP contribution < -0.4 is 0 Å².